The maximum Gasteiger partial charge on any atom is 0.303 e. The number of carboxylic acids is 1. The Morgan fingerprint density at radius 2 is 1.90 bits per heavy atom. The topological polar surface area (TPSA) is 59.0 Å². The van der Waals surface area contributed by atoms with Crippen LogP contribution >= 0.6 is 0 Å². The maximum atomic E-state index is 10.6. The first kappa shape index (κ1) is 15.7. The number of ether oxygens (including phenoxy) is 2. The Balaban J connectivity index is 1.83. The van der Waals surface area contributed by atoms with Gasteiger partial charge in [-0.05, 0) is 39.7 Å². The lowest BCUT2D eigenvalue weighted by atomic mass is 9.88. The van der Waals surface area contributed by atoms with Crippen LogP contribution in [-0.2, 0) is 14.3 Å². The highest BCUT2D eigenvalue weighted by Crippen LogP contribution is 2.37. The predicted octanol–water partition coefficient (Wildman–Crippen LogP) is 2.25. The summed E-state index contributed by atoms with van der Waals surface area (Å²) in [7, 11) is 0. The van der Waals surface area contributed by atoms with Gasteiger partial charge < -0.3 is 14.6 Å². The summed E-state index contributed by atoms with van der Waals surface area (Å²) in [5.74, 6) is -1.01. The molecule has 5 nitrogen and oxygen atoms in total. The Morgan fingerprint density at radius 1 is 1.30 bits per heavy atom. The van der Waals surface area contributed by atoms with Crippen LogP contribution in [0.4, 0.5) is 0 Å². The molecule has 2 rings (SSSR count). The van der Waals surface area contributed by atoms with E-state index in [-0.39, 0.29) is 12.2 Å². The van der Waals surface area contributed by atoms with Crippen LogP contribution in [0.2, 0.25) is 0 Å². The van der Waals surface area contributed by atoms with E-state index in [2.05, 4.69) is 18.7 Å². The zero-order valence-corrected chi connectivity index (χ0v) is 12.6. The fraction of sp³-hybridized carbons (Fsp3) is 0.933. The standard InChI is InChI=1S/C15H27NO4/c1-12(2)16(9-3-4-14(17)18)13-5-7-15(8-6-13)19-10-11-20-15/h12-13H,3-11H2,1-2H3,(H,17,18). The van der Waals surface area contributed by atoms with Crippen molar-refractivity contribution in [3.63, 3.8) is 0 Å². The van der Waals surface area contributed by atoms with Crippen molar-refractivity contribution >= 4 is 5.97 Å². The molecule has 1 saturated carbocycles. The van der Waals surface area contributed by atoms with E-state index in [0.717, 1.165) is 51.9 Å². The Morgan fingerprint density at radius 3 is 2.40 bits per heavy atom. The number of carboxylic acid groups (broad SMARTS) is 1. The summed E-state index contributed by atoms with van der Waals surface area (Å²) in [6.45, 7) is 6.68. The highest BCUT2D eigenvalue weighted by molar-refractivity contribution is 5.66. The summed E-state index contributed by atoms with van der Waals surface area (Å²) in [6.07, 6.45) is 5.05. The first-order valence-electron chi connectivity index (χ1n) is 7.78. The molecule has 1 saturated heterocycles. The molecule has 0 radical (unpaired) electrons. The van der Waals surface area contributed by atoms with Gasteiger partial charge in [-0.15, -0.1) is 0 Å². The normalized spacial score (nSPS) is 23.0. The highest BCUT2D eigenvalue weighted by Gasteiger charge is 2.41. The third-order valence-corrected chi connectivity index (χ3v) is 4.47. The molecule has 0 unspecified atom stereocenters. The van der Waals surface area contributed by atoms with Gasteiger partial charge in [0.15, 0.2) is 5.79 Å². The Bertz CT molecular complexity index is 316. The van der Waals surface area contributed by atoms with Crippen molar-refractivity contribution < 1.29 is 19.4 Å². The van der Waals surface area contributed by atoms with Gasteiger partial charge in [0.25, 0.3) is 0 Å². The van der Waals surface area contributed by atoms with E-state index >= 15 is 0 Å². The van der Waals surface area contributed by atoms with Gasteiger partial charge in [-0.2, -0.15) is 0 Å². The monoisotopic (exact) mass is 285 g/mol. The third-order valence-electron chi connectivity index (χ3n) is 4.47. The van der Waals surface area contributed by atoms with Crippen molar-refractivity contribution in [2.24, 2.45) is 0 Å². The van der Waals surface area contributed by atoms with Crippen LogP contribution in [0.3, 0.4) is 0 Å². The van der Waals surface area contributed by atoms with E-state index in [1.54, 1.807) is 0 Å². The summed E-state index contributed by atoms with van der Waals surface area (Å²) < 4.78 is 11.5. The van der Waals surface area contributed by atoms with Crippen LogP contribution in [0.1, 0.15) is 52.4 Å². The van der Waals surface area contributed by atoms with Gasteiger partial charge in [0.1, 0.15) is 0 Å². The first-order chi connectivity index (χ1) is 9.52. The van der Waals surface area contributed by atoms with E-state index in [1.165, 1.54) is 0 Å². The molecule has 0 atom stereocenters. The second kappa shape index (κ2) is 6.87. The van der Waals surface area contributed by atoms with Crippen LogP contribution in [0.25, 0.3) is 0 Å². The molecule has 0 aromatic carbocycles. The van der Waals surface area contributed by atoms with Gasteiger partial charge in [0.2, 0.25) is 0 Å². The number of nitrogens with zero attached hydrogens (tertiary/aromatic N) is 1. The SMILES string of the molecule is CC(C)N(CCCC(=O)O)C1CCC2(CC1)OCCO2. The minimum Gasteiger partial charge on any atom is -0.481 e. The quantitative estimate of drug-likeness (QED) is 0.811. The van der Waals surface area contributed by atoms with Crippen molar-refractivity contribution in [2.45, 2.75) is 70.2 Å². The van der Waals surface area contributed by atoms with E-state index < -0.39 is 5.97 Å². The second-order valence-corrected chi connectivity index (χ2v) is 6.17. The van der Waals surface area contributed by atoms with Gasteiger partial charge in [0.05, 0.1) is 13.2 Å². The Hall–Kier alpha value is -0.650. The van der Waals surface area contributed by atoms with Crippen molar-refractivity contribution in [3.8, 4) is 0 Å². The minimum absolute atomic E-state index is 0.256. The van der Waals surface area contributed by atoms with Gasteiger partial charge in [0, 0.05) is 31.3 Å². The zero-order valence-electron chi connectivity index (χ0n) is 12.6. The van der Waals surface area contributed by atoms with Crippen molar-refractivity contribution in [3.05, 3.63) is 0 Å². The third kappa shape index (κ3) is 3.93. The van der Waals surface area contributed by atoms with Gasteiger partial charge in [-0.3, -0.25) is 9.69 Å². The number of carbonyl (C=O) groups is 1. The van der Waals surface area contributed by atoms with Crippen LogP contribution in [0, 0.1) is 0 Å². The lowest BCUT2D eigenvalue weighted by Gasteiger charge is -2.42. The molecule has 0 bridgehead atoms. The van der Waals surface area contributed by atoms with Crippen LogP contribution in [-0.4, -0.2) is 53.6 Å². The number of hydrogen-bond acceptors (Lipinski definition) is 4. The lowest BCUT2D eigenvalue weighted by molar-refractivity contribution is -0.184. The molecular formula is C15H27NO4. The molecule has 0 aromatic heterocycles. The summed E-state index contributed by atoms with van der Waals surface area (Å²) in [6, 6.07) is 0.982. The summed E-state index contributed by atoms with van der Waals surface area (Å²) in [5.41, 5.74) is 0. The van der Waals surface area contributed by atoms with Crippen LogP contribution in [0.15, 0.2) is 0 Å². The predicted molar refractivity (Wildman–Crippen MR) is 75.6 cm³/mol. The molecule has 1 aliphatic carbocycles. The van der Waals surface area contributed by atoms with E-state index in [0.29, 0.717) is 12.1 Å². The van der Waals surface area contributed by atoms with Gasteiger partial charge in [-0.25, -0.2) is 0 Å². The molecule has 0 aromatic rings. The maximum absolute atomic E-state index is 10.6. The molecule has 20 heavy (non-hydrogen) atoms. The lowest BCUT2D eigenvalue weighted by Crippen LogP contribution is -2.47. The van der Waals surface area contributed by atoms with E-state index in [9.17, 15) is 4.79 Å². The average Bonchev–Trinajstić information content (AvgIpc) is 2.84. The summed E-state index contributed by atoms with van der Waals surface area (Å²) >= 11 is 0. The van der Waals surface area contributed by atoms with E-state index in [4.69, 9.17) is 14.6 Å². The van der Waals surface area contributed by atoms with E-state index in [1.807, 2.05) is 0 Å². The molecule has 1 spiro atoms. The molecular weight excluding hydrogens is 258 g/mol. The molecule has 1 aliphatic heterocycles. The van der Waals surface area contributed by atoms with Crippen LogP contribution in [0.5, 0.6) is 0 Å². The number of rotatable bonds is 6. The second-order valence-electron chi connectivity index (χ2n) is 6.17. The molecule has 1 heterocycles. The smallest absolute Gasteiger partial charge is 0.303 e. The van der Waals surface area contributed by atoms with Crippen molar-refractivity contribution in [1.82, 2.24) is 4.90 Å². The zero-order chi connectivity index (χ0) is 14.6. The fourth-order valence-corrected chi connectivity index (χ4v) is 3.43. The Labute approximate surface area is 121 Å². The summed E-state index contributed by atoms with van der Waals surface area (Å²) in [5, 5.41) is 8.76. The molecule has 116 valence electrons. The Kier molecular flexibility index (Phi) is 5.41. The summed E-state index contributed by atoms with van der Waals surface area (Å²) in [4.78, 5) is 13.1. The first-order valence-corrected chi connectivity index (χ1v) is 7.78. The van der Waals surface area contributed by atoms with Gasteiger partial charge in [-0.1, -0.05) is 0 Å². The minimum atomic E-state index is -0.705. The highest BCUT2D eigenvalue weighted by atomic mass is 16.7. The largest absolute Gasteiger partial charge is 0.481 e. The fourth-order valence-electron chi connectivity index (χ4n) is 3.43. The van der Waals surface area contributed by atoms with Crippen molar-refractivity contribution in [1.29, 1.82) is 0 Å². The van der Waals surface area contributed by atoms with Gasteiger partial charge >= 0.3 is 5.97 Å². The molecule has 1 N–H and O–H groups in total. The average molecular weight is 285 g/mol. The number of hydrogen-bond donors (Lipinski definition) is 1. The molecule has 5 heteroatoms. The van der Waals surface area contributed by atoms with Crippen molar-refractivity contribution in [2.75, 3.05) is 19.8 Å². The molecule has 2 aliphatic rings. The molecule has 2 fully saturated rings. The van der Waals surface area contributed by atoms with Crippen LogP contribution < -0.4 is 0 Å². The number of aliphatic carboxylic acids is 1. The molecule has 0 amide bonds.